The van der Waals surface area contributed by atoms with E-state index in [1.165, 1.54) is 0 Å². The van der Waals surface area contributed by atoms with Gasteiger partial charge in [0.1, 0.15) is 0 Å². The van der Waals surface area contributed by atoms with Crippen molar-refractivity contribution < 1.29 is 10.0 Å². The van der Waals surface area contributed by atoms with Crippen LogP contribution in [0.2, 0.25) is 0 Å². The zero-order valence-electron chi connectivity index (χ0n) is 7.12. The summed E-state index contributed by atoms with van der Waals surface area (Å²) in [6, 6.07) is -0.200. The highest BCUT2D eigenvalue weighted by Crippen LogP contribution is 2.08. The fraction of sp³-hybridized carbons (Fsp3) is 0.857. The molecule has 70 valence electrons. The minimum Gasteiger partial charge on any atom is -0.304 e. The summed E-state index contributed by atoms with van der Waals surface area (Å²) in [5.74, 6) is 1.58. The molecule has 2 N–H and O–H groups in total. The number of rotatable bonds is 2. The molecule has 1 saturated heterocycles. The molecule has 5 heteroatoms. The molecular formula is C7H14N2O2S. The third-order valence-corrected chi connectivity index (χ3v) is 2.84. The van der Waals surface area contributed by atoms with Gasteiger partial charge >= 0.3 is 0 Å². The van der Waals surface area contributed by atoms with Gasteiger partial charge in [0.25, 0.3) is 5.91 Å². The highest BCUT2D eigenvalue weighted by Gasteiger charge is 2.23. The number of thioether (sulfide) groups is 1. The van der Waals surface area contributed by atoms with Crippen LogP contribution in [0.25, 0.3) is 0 Å². The van der Waals surface area contributed by atoms with Crippen LogP contribution < -0.4 is 5.32 Å². The Morgan fingerprint density at radius 1 is 1.83 bits per heavy atom. The number of hydrogen-bond acceptors (Lipinski definition) is 4. The Balaban J connectivity index is 2.39. The van der Waals surface area contributed by atoms with Gasteiger partial charge in [-0.25, -0.2) is 5.06 Å². The molecule has 0 aromatic heterocycles. The number of nitrogens with zero attached hydrogens (tertiary/aromatic N) is 1. The molecule has 1 aliphatic rings. The largest absolute Gasteiger partial charge is 0.304 e. The lowest BCUT2D eigenvalue weighted by Gasteiger charge is -2.24. The summed E-state index contributed by atoms with van der Waals surface area (Å²) >= 11 is 1.74. The molecule has 4 nitrogen and oxygen atoms in total. The third kappa shape index (κ3) is 2.36. The van der Waals surface area contributed by atoms with E-state index in [1.54, 1.807) is 18.7 Å². The predicted molar refractivity (Wildman–Crippen MR) is 48.3 cm³/mol. The predicted octanol–water partition coefficient (Wildman–Crippen LogP) is -0.0709. The Bertz CT molecular complexity index is 159. The molecule has 1 aliphatic heterocycles. The second kappa shape index (κ2) is 4.69. The van der Waals surface area contributed by atoms with Crippen molar-refractivity contribution in [3.8, 4) is 0 Å². The van der Waals surface area contributed by atoms with Gasteiger partial charge in [0.15, 0.2) is 0 Å². The maximum Gasteiger partial charge on any atom is 0.263 e. The molecule has 0 bridgehead atoms. The molecule has 0 spiro atoms. The average Bonchev–Trinajstić information content (AvgIpc) is 2.17. The Morgan fingerprint density at radius 2 is 2.58 bits per heavy atom. The Labute approximate surface area is 76.3 Å². The number of likely N-dealkylation sites (N-methyl/N-ethyl adjacent to an activating group) is 1. The van der Waals surface area contributed by atoms with Crippen molar-refractivity contribution >= 4 is 17.7 Å². The lowest BCUT2D eigenvalue weighted by molar-refractivity contribution is -0.166. The van der Waals surface area contributed by atoms with Crippen LogP contribution in [0.1, 0.15) is 6.92 Å². The van der Waals surface area contributed by atoms with Gasteiger partial charge in [-0.1, -0.05) is 0 Å². The summed E-state index contributed by atoms with van der Waals surface area (Å²) in [6.45, 7) is 2.94. The van der Waals surface area contributed by atoms with Crippen molar-refractivity contribution in [2.75, 3.05) is 24.6 Å². The molecule has 0 saturated carbocycles. The second-order valence-electron chi connectivity index (χ2n) is 2.64. The molecule has 1 atom stereocenters. The van der Waals surface area contributed by atoms with E-state index in [0.29, 0.717) is 6.54 Å². The van der Waals surface area contributed by atoms with Crippen LogP contribution in [-0.4, -0.2) is 46.8 Å². The van der Waals surface area contributed by atoms with Crippen LogP contribution in [0.5, 0.6) is 0 Å². The first kappa shape index (κ1) is 9.83. The molecule has 0 aliphatic carbocycles. The third-order valence-electron chi connectivity index (χ3n) is 1.77. The molecule has 1 rings (SSSR count). The van der Waals surface area contributed by atoms with Crippen molar-refractivity contribution in [3.05, 3.63) is 0 Å². The van der Waals surface area contributed by atoms with Gasteiger partial charge in [-0.05, 0) is 6.92 Å². The molecule has 1 amide bonds. The van der Waals surface area contributed by atoms with Gasteiger partial charge in [-0.3, -0.25) is 10.0 Å². The van der Waals surface area contributed by atoms with Gasteiger partial charge in [0, 0.05) is 24.6 Å². The SMILES string of the molecule is CCN(O)C(=O)C1CSCCN1. The summed E-state index contributed by atoms with van der Waals surface area (Å²) in [5.41, 5.74) is 0. The van der Waals surface area contributed by atoms with Gasteiger partial charge in [0.05, 0.1) is 6.04 Å². The smallest absolute Gasteiger partial charge is 0.263 e. The van der Waals surface area contributed by atoms with Gasteiger partial charge < -0.3 is 5.32 Å². The molecule has 1 fully saturated rings. The van der Waals surface area contributed by atoms with Crippen LogP contribution in [-0.2, 0) is 4.79 Å². The number of hydroxylamine groups is 2. The van der Waals surface area contributed by atoms with E-state index in [-0.39, 0.29) is 11.9 Å². The van der Waals surface area contributed by atoms with Gasteiger partial charge in [-0.15, -0.1) is 0 Å². The summed E-state index contributed by atoms with van der Waals surface area (Å²) < 4.78 is 0. The van der Waals surface area contributed by atoms with Crippen molar-refractivity contribution in [2.45, 2.75) is 13.0 Å². The lowest BCUT2D eigenvalue weighted by atomic mass is 10.3. The first-order valence-electron chi connectivity index (χ1n) is 4.07. The first-order valence-corrected chi connectivity index (χ1v) is 5.22. The zero-order valence-corrected chi connectivity index (χ0v) is 7.93. The number of carbonyl (C=O) groups is 1. The van der Waals surface area contributed by atoms with E-state index < -0.39 is 0 Å². The van der Waals surface area contributed by atoms with E-state index >= 15 is 0 Å². The highest BCUT2D eigenvalue weighted by molar-refractivity contribution is 7.99. The molecule has 1 unspecified atom stereocenters. The van der Waals surface area contributed by atoms with E-state index in [1.807, 2.05) is 0 Å². The quantitative estimate of drug-likeness (QED) is 0.473. The first-order chi connectivity index (χ1) is 5.75. The van der Waals surface area contributed by atoms with Crippen LogP contribution in [0.4, 0.5) is 0 Å². The Morgan fingerprint density at radius 3 is 3.08 bits per heavy atom. The average molecular weight is 190 g/mol. The molecule has 0 aromatic rings. The van der Waals surface area contributed by atoms with Crippen molar-refractivity contribution in [3.63, 3.8) is 0 Å². The fourth-order valence-corrected chi connectivity index (χ4v) is 1.98. The van der Waals surface area contributed by atoms with Gasteiger partial charge in [0.2, 0.25) is 0 Å². The monoisotopic (exact) mass is 190 g/mol. The van der Waals surface area contributed by atoms with Crippen LogP contribution in [0, 0.1) is 0 Å². The Kier molecular flexibility index (Phi) is 3.84. The summed E-state index contributed by atoms with van der Waals surface area (Å²) in [5, 5.41) is 12.9. The maximum absolute atomic E-state index is 11.3. The maximum atomic E-state index is 11.3. The van der Waals surface area contributed by atoms with Crippen LogP contribution in [0.15, 0.2) is 0 Å². The molecule has 0 aromatic carbocycles. The Hall–Kier alpha value is -0.260. The number of hydrogen-bond donors (Lipinski definition) is 2. The summed E-state index contributed by atoms with van der Waals surface area (Å²) in [6.07, 6.45) is 0. The van der Waals surface area contributed by atoms with Crippen LogP contribution in [0.3, 0.4) is 0 Å². The van der Waals surface area contributed by atoms with E-state index in [2.05, 4.69) is 5.32 Å². The van der Waals surface area contributed by atoms with Crippen molar-refractivity contribution in [1.29, 1.82) is 0 Å². The van der Waals surface area contributed by atoms with Crippen molar-refractivity contribution in [1.82, 2.24) is 10.4 Å². The van der Waals surface area contributed by atoms with Crippen molar-refractivity contribution in [2.24, 2.45) is 0 Å². The zero-order chi connectivity index (χ0) is 8.97. The van der Waals surface area contributed by atoms with E-state index in [0.717, 1.165) is 23.1 Å². The second-order valence-corrected chi connectivity index (χ2v) is 3.79. The fourth-order valence-electron chi connectivity index (χ4n) is 1.06. The summed E-state index contributed by atoms with van der Waals surface area (Å²) in [4.78, 5) is 11.3. The minimum atomic E-state index is -0.218. The standard InChI is InChI=1S/C7H14N2O2S/c1-2-9(11)7(10)6-5-12-4-3-8-6/h6,8,11H,2-5H2,1H3. The molecule has 12 heavy (non-hydrogen) atoms. The number of amides is 1. The molecular weight excluding hydrogens is 176 g/mol. The molecule has 1 heterocycles. The topological polar surface area (TPSA) is 52.6 Å². The number of nitrogens with one attached hydrogen (secondary N) is 1. The normalized spacial score (nSPS) is 23.7. The molecule has 0 radical (unpaired) electrons. The lowest BCUT2D eigenvalue weighted by Crippen LogP contribution is -2.49. The van der Waals surface area contributed by atoms with Crippen LogP contribution >= 0.6 is 11.8 Å². The highest BCUT2D eigenvalue weighted by atomic mass is 32.2. The van der Waals surface area contributed by atoms with E-state index in [4.69, 9.17) is 5.21 Å². The summed E-state index contributed by atoms with van der Waals surface area (Å²) in [7, 11) is 0. The van der Waals surface area contributed by atoms with Gasteiger partial charge in [-0.2, -0.15) is 11.8 Å². The minimum absolute atomic E-state index is 0.200. The number of carbonyl (C=O) groups excluding carboxylic acids is 1. The van der Waals surface area contributed by atoms with E-state index in [9.17, 15) is 4.79 Å².